The Balaban J connectivity index is 1.95. The van der Waals surface area contributed by atoms with Gasteiger partial charge in [-0.1, -0.05) is 0 Å². The molecule has 0 aromatic carbocycles. The largest absolute Gasteiger partial charge is 0.394 e. The topological polar surface area (TPSA) is 59.3 Å². The number of hydrogen-bond acceptors (Lipinski definition) is 4. The van der Waals surface area contributed by atoms with E-state index < -0.39 is 0 Å². The van der Waals surface area contributed by atoms with Crippen molar-refractivity contribution in [1.82, 2.24) is 15.1 Å². The van der Waals surface area contributed by atoms with Crippen molar-refractivity contribution in [1.29, 1.82) is 0 Å². The maximum atomic E-state index is 9.07. The van der Waals surface area contributed by atoms with E-state index >= 15 is 0 Å². The lowest BCUT2D eigenvalue weighted by atomic mass is 9.92. The molecular weight excluding hydrogens is 254 g/mol. The Hall–Kier alpha value is -0.910. The van der Waals surface area contributed by atoms with Crippen molar-refractivity contribution >= 4 is 0 Å². The van der Waals surface area contributed by atoms with E-state index in [4.69, 9.17) is 9.84 Å². The number of ether oxygens (including phenoxy) is 1. The number of aliphatic hydroxyl groups excluding tert-OH is 1. The molecule has 1 atom stereocenters. The monoisotopic (exact) mass is 281 g/mol. The number of aromatic nitrogens is 2. The van der Waals surface area contributed by atoms with Crippen molar-refractivity contribution in [2.75, 3.05) is 20.3 Å². The molecule has 0 spiro atoms. The molecule has 114 valence electrons. The van der Waals surface area contributed by atoms with Gasteiger partial charge in [-0.15, -0.1) is 0 Å². The molecule has 5 nitrogen and oxygen atoms in total. The second-order valence-electron chi connectivity index (χ2n) is 6.11. The van der Waals surface area contributed by atoms with E-state index in [1.807, 2.05) is 10.9 Å². The summed E-state index contributed by atoms with van der Waals surface area (Å²) in [5.74, 6) is 0. The van der Waals surface area contributed by atoms with E-state index in [9.17, 15) is 0 Å². The van der Waals surface area contributed by atoms with Crippen molar-refractivity contribution in [3.05, 3.63) is 17.5 Å². The third-order valence-electron chi connectivity index (χ3n) is 4.24. The fraction of sp³-hybridized carbons (Fsp3) is 0.800. The molecule has 1 unspecified atom stereocenters. The fourth-order valence-corrected chi connectivity index (χ4v) is 2.77. The summed E-state index contributed by atoms with van der Waals surface area (Å²) < 4.78 is 7.40. The first kappa shape index (κ1) is 15.5. The number of nitrogens with zero attached hydrogens (tertiary/aromatic N) is 2. The third-order valence-corrected chi connectivity index (χ3v) is 4.24. The van der Waals surface area contributed by atoms with Gasteiger partial charge >= 0.3 is 0 Å². The molecule has 0 saturated heterocycles. The Labute approximate surface area is 121 Å². The van der Waals surface area contributed by atoms with Crippen LogP contribution in [0.4, 0.5) is 0 Å². The van der Waals surface area contributed by atoms with Crippen LogP contribution in [0.15, 0.2) is 6.20 Å². The van der Waals surface area contributed by atoms with Crippen LogP contribution in [0.5, 0.6) is 0 Å². The minimum absolute atomic E-state index is 0.0778. The van der Waals surface area contributed by atoms with Gasteiger partial charge in [0.25, 0.3) is 0 Å². The van der Waals surface area contributed by atoms with Crippen LogP contribution in [-0.2, 0) is 17.7 Å². The van der Waals surface area contributed by atoms with Crippen molar-refractivity contribution in [2.24, 2.45) is 0 Å². The molecule has 0 amide bonds. The summed E-state index contributed by atoms with van der Waals surface area (Å²) in [7, 11) is 1.76. The molecule has 1 aliphatic carbocycles. The Morgan fingerprint density at radius 3 is 3.05 bits per heavy atom. The van der Waals surface area contributed by atoms with Crippen molar-refractivity contribution in [2.45, 2.75) is 57.7 Å². The van der Waals surface area contributed by atoms with E-state index in [0.717, 1.165) is 25.8 Å². The van der Waals surface area contributed by atoms with E-state index in [0.29, 0.717) is 12.6 Å². The summed E-state index contributed by atoms with van der Waals surface area (Å²) >= 11 is 0. The van der Waals surface area contributed by atoms with Crippen LogP contribution < -0.4 is 5.32 Å². The van der Waals surface area contributed by atoms with Crippen LogP contribution in [0.2, 0.25) is 0 Å². The van der Waals surface area contributed by atoms with Gasteiger partial charge in [0.2, 0.25) is 0 Å². The first-order valence-corrected chi connectivity index (χ1v) is 7.51. The first-order valence-electron chi connectivity index (χ1n) is 7.51. The summed E-state index contributed by atoms with van der Waals surface area (Å²) in [4.78, 5) is 0. The lowest BCUT2D eigenvalue weighted by Crippen LogP contribution is -2.32. The van der Waals surface area contributed by atoms with Crippen molar-refractivity contribution in [3.8, 4) is 0 Å². The highest BCUT2D eigenvalue weighted by atomic mass is 16.5. The minimum Gasteiger partial charge on any atom is -0.394 e. The molecule has 1 aromatic rings. The molecule has 0 saturated carbocycles. The molecule has 1 heterocycles. The van der Waals surface area contributed by atoms with Gasteiger partial charge in [-0.25, -0.2) is 0 Å². The fourth-order valence-electron chi connectivity index (χ4n) is 2.77. The van der Waals surface area contributed by atoms with Crippen LogP contribution in [0, 0.1) is 0 Å². The van der Waals surface area contributed by atoms with Gasteiger partial charge in [-0.2, -0.15) is 5.10 Å². The zero-order valence-electron chi connectivity index (χ0n) is 12.9. The number of fused-ring (bicyclic) bond motifs is 1. The summed E-state index contributed by atoms with van der Waals surface area (Å²) in [5.41, 5.74) is 2.51. The highest BCUT2D eigenvalue weighted by Crippen LogP contribution is 2.29. The maximum Gasteiger partial charge on any atom is 0.0644 e. The average Bonchev–Trinajstić information content (AvgIpc) is 2.84. The molecule has 20 heavy (non-hydrogen) atoms. The molecule has 0 fully saturated rings. The number of aliphatic hydroxyl groups is 1. The van der Waals surface area contributed by atoms with Gasteiger partial charge in [-0.05, 0) is 46.1 Å². The van der Waals surface area contributed by atoms with E-state index in [1.165, 1.54) is 17.7 Å². The smallest absolute Gasteiger partial charge is 0.0644 e. The molecule has 1 aliphatic rings. The Kier molecular flexibility index (Phi) is 5.18. The van der Waals surface area contributed by atoms with Crippen LogP contribution in [0.1, 0.15) is 50.4 Å². The highest BCUT2D eigenvalue weighted by molar-refractivity contribution is 5.24. The maximum absolute atomic E-state index is 9.07. The molecule has 0 aliphatic heterocycles. The van der Waals surface area contributed by atoms with Crippen LogP contribution in [-0.4, -0.2) is 40.7 Å². The Bertz CT molecular complexity index is 429. The van der Waals surface area contributed by atoms with Crippen LogP contribution in [0.25, 0.3) is 0 Å². The van der Waals surface area contributed by atoms with Gasteiger partial charge in [0, 0.05) is 24.4 Å². The Morgan fingerprint density at radius 2 is 2.35 bits per heavy atom. The molecule has 2 N–H and O–H groups in total. The number of methoxy groups -OCH3 is 1. The second-order valence-corrected chi connectivity index (χ2v) is 6.11. The standard InChI is InChI=1S/C15H27N3O2/c1-15(2,20-3)7-8-16-13-5-4-6-14-12(13)11-17-18(14)9-10-19/h11,13,16,19H,4-10H2,1-3H3. The summed E-state index contributed by atoms with van der Waals surface area (Å²) in [6, 6.07) is 0.388. The summed E-state index contributed by atoms with van der Waals surface area (Å²) in [6.45, 7) is 5.91. The number of rotatable bonds is 7. The number of nitrogens with one attached hydrogen (secondary N) is 1. The average molecular weight is 281 g/mol. The van der Waals surface area contributed by atoms with E-state index in [1.54, 1.807) is 7.11 Å². The summed E-state index contributed by atoms with van der Waals surface area (Å²) in [6.07, 6.45) is 6.35. The SMILES string of the molecule is COC(C)(C)CCNC1CCCc2c1cnn2CCO. The van der Waals surface area contributed by atoms with Gasteiger partial charge in [0.1, 0.15) is 0 Å². The molecule has 2 rings (SSSR count). The van der Waals surface area contributed by atoms with Crippen molar-refractivity contribution < 1.29 is 9.84 Å². The van der Waals surface area contributed by atoms with Gasteiger partial charge in [0.05, 0.1) is 24.9 Å². The van der Waals surface area contributed by atoms with E-state index in [2.05, 4.69) is 24.3 Å². The first-order chi connectivity index (χ1) is 9.57. The highest BCUT2D eigenvalue weighted by Gasteiger charge is 2.24. The zero-order chi connectivity index (χ0) is 14.6. The van der Waals surface area contributed by atoms with Crippen molar-refractivity contribution in [3.63, 3.8) is 0 Å². The Morgan fingerprint density at radius 1 is 1.55 bits per heavy atom. The van der Waals surface area contributed by atoms with Gasteiger partial charge in [0.15, 0.2) is 0 Å². The molecular formula is C15H27N3O2. The lowest BCUT2D eigenvalue weighted by molar-refractivity contribution is 0.0152. The van der Waals surface area contributed by atoms with Gasteiger partial charge < -0.3 is 15.2 Å². The number of hydrogen-bond donors (Lipinski definition) is 2. The molecule has 0 radical (unpaired) electrons. The normalized spacial score (nSPS) is 19.1. The predicted octanol–water partition coefficient (Wildman–Crippen LogP) is 1.66. The quantitative estimate of drug-likeness (QED) is 0.798. The lowest BCUT2D eigenvalue weighted by Gasteiger charge is -2.27. The summed E-state index contributed by atoms with van der Waals surface area (Å²) in [5, 5.41) is 17.1. The van der Waals surface area contributed by atoms with Gasteiger partial charge in [-0.3, -0.25) is 4.68 Å². The zero-order valence-corrected chi connectivity index (χ0v) is 12.9. The molecule has 5 heteroatoms. The second kappa shape index (κ2) is 6.70. The van der Waals surface area contributed by atoms with E-state index in [-0.39, 0.29) is 12.2 Å². The molecule has 0 bridgehead atoms. The molecule has 1 aromatic heterocycles. The minimum atomic E-state index is -0.0778. The van der Waals surface area contributed by atoms with Crippen LogP contribution >= 0.6 is 0 Å². The van der Waals surface area contributed by atoms with Crippen LogP contribution in [0.3, 0.4) is 0 Å². The third kappa shape index (κ3) is 3.59. The predicted molar refractivity (Wildman–Crippen MR) is 78.7 cm³/mol.